The Hall–Kier alpha value is -6.44. The quantitative estimate of drug-likeness (QED) is 0.166. The molecule has 2 aliphatic carbocycles. The fourth-order valence-electron chi connectivity index (χ4n) is 9.72. The van der Waals surface area contributed by atoms with Gasteiger partial charge in [0, 0.05) is 22.4 Å². The van der Waals surface area contributed by atoms with Gasteiger partial charge in [0.15, 0.2) is 0 Å². The Labute approximate surface area is 325 Å². The van der Waals surface area contributed by atoms with Crippen molar-refractivity contribution in [3.05, 3.63) is 233 Å². The standard InChI is InChI=1S/C54H43N/c1-36-26-28-39(29-27-36)54(49-23-13-9-20-45(49)46-21-10-14-24-50(46)54)40-32-37(2)33-42(34-40)55(52-25-15-11-18-43(52)38-16-6-5-7-17-38)41-30-31-47-44-19-8-12-22-48(44)53(3,4)51(47)35-41/h5-35H,1-4H3. The van der Waals surface area contributed by atoms with E-state index in [1.54, 1.807) is 0 Å². The van der Waals surface area contributed by atoms with E-state index in [0.29, 0.717) is 0 Å². The molecule has 55 heavy (non-hydrogen) atoms. The molecule has 0 fully saturated rings. The molecule has 8 aromatic carbocycles. The molecule has 0 N–H and O–H groups in total. The van der Waals surface area contributed by atoms with Crippen molar-refractivity contribution in [1.29, 1.82) is 0 Å². The van der Waals surface area contributed by atoms with Crippen molar-refractivity contribution < 1.29 is 0 Å². The van der Waals surface area contributed by atoms with E-state index in [-0.39, 0.29) is 5.41 Å². The minimum Gasteiger partial charge on any atom is -0.310 e. The molecule has 10 rings (SSSR count). The smallest absolute Gasteiger partial charge is 0.0714 e. The summed E-state index contributed by atoms with van der Waals surface area (Å²) in [7, 11) is 0. The van der Waals surface area contributed by atoms with E-state index in [9.17, 15) is 0 Å². The second-order valence-electron chi connectivity index (χ2n) is 15.9. The average molecular weight is 706 g/mol. The summed E-state index contributed by atoms with van der Waals surface area (Å²) in [4.78, 5) is 2.51. The average Bonchev–Trinajstić information content (AvgIpc) is 3.65. The third kappa shape index (κ3) is 5.00. The van der Waals surface area contributed by atoms with Gasteiger partial charge in [0.05, 0.1) is 11.1 Å². The number of anilines is 3. The van der Waals surface area contributed by atoms with Gasteiger partial charge in [-0.25, -0.2) is 0 Å². The van der Waals surface area contributed by atoms with Crippen LogP contribution in [0.25, 0.3) is 33.4 Å². The van der Waals surface area contributed by atoms with Crippen LogP contribution in [0.2, 0.25) is 0 Å². The van der Waals surface area contributed by atoms with Crippen LogP contribution in [0.1, 0.15) is 58.4 Å². The number of rotatable bonds is 6. The van der Waals surface area contributed by atoms with E-state index < -0.39 is 5.41 Å². The highest BCUT2D eigenvalue weighted by atomic mass is 15.1. The van der Waals surface area contributed by atoms with E-state index >= 15 is 0 Å². The zero-order valence-corrected chi connectivity index (χ0v) is 31.8. The zero-order valence-electron chi connectivity index (χ0n) is 31.8. The molecule has 0 bridgehead atoms. The lowest BCUT2D eigenvalue weighted by atomic mass is 9.67. The first-order valence-electron chi connectivity index (χ1n) is 19.4. The second-order valence-corrected chi connectivity index (χ2v) is 15.9. The van der Waals surface area contributed by atoms with E-state index in [1.165, 1.54) is 77.9 Å². The number of hydrogen-bond acceptors (Lipinski definition) is 1. The van der Waals surface area contributed by atoms with Crippen LogP contribution in [0.4, 0.5) is 17.1 Å². The molecule has 0 saturated heterocycles. The Bertz CT molecular complexity index is 2710. The van der Waals surface area contributed by atoms with Crippen LogP contribution in [-0.2, 0) is 10.8 Å². The maximum Gasteiger partial charge on any atom is 0.0714 e. The summed E-state index contributed by atoms with van der Waals surface area (Å²) >= 11 is 0. The fourth-order valence-corrected chi connectivity index (χ4v) is 9.72. The Morgan fingerprint density at radius 2 is 0.909 bits per heavy atom. The highest BCUT2D eigenvalue weighted by molar-refractivity contribution is 5.92. The van der Waals surface area contributed by atoms with Crippen molar-refractivity contribution in [2.24, 2.45) is 0 Å². The van der Waals surface area contributed by atoms with Crippen LogP contribution in [0.5, 0.6) is 0 Å². The lowest BCUT2D eigenvalue weighted by Gasteiger charge is -2.36. The van der Waals surface area contributed by atoms with E-state index in [0.717, 1.165) is 17.1 Å². The molecule has 0 atom stereocenters. The third-order valence-corrected chi connectivity index (χ3v) is 12.2. The van der Waals surface area contributed by atoms with Gasteiger partial charge in [0.2, 0.25) is 0 Å². The van der Waals surface area contributed by atoms with Gasteiger partial charge in [-0.1, -0.05) is 177 Å². The van der Waals surface area contributed by atoms with Crippen LogP contribution in [0.3, 0.4) is 0 Å². The number of hydrogen-bond donors (Lipinski definition) is 0. The number of para-hydroxylation sites is 1. The van der Waals surface area contributed by atoms with Gasteiger partial charge in [-0.3, -0.25) is 0 Å². The Morgan fingerprint density at radius 1 is 0.364 bits per heavy atom. The van der Waals surface area contributed by atoms with Crippen molar-refractivity contribution in [2.45, 2.75) is 38.5 Å². The molecule has 0 aromatic heterocycles. The number of benzene rings is 8. The summed E-state index contributed by atoms with van der Waals surface area (Å²) in [5, 5.41) is 0. The molecule has 0 aliphatic heterocycles. The van der Waals surface area contributed by atoms with Gasteiger partial charge >= 0.3 is 0 Å². The Morgan fingerprint density at radius 3 is 1.58 bits per heavy atom. The molecule has 0 amide bonds. The second kappa shape index (κ2) is 12.6. The molecular weight excluding hydrogens is 663 g/mol. The highest BCUT2D eigenvalue weighted by Crippen LogP contribution is 2.57. The van der Waals surface area contributed by atoms with Crippen molar-refractivity contribution in [2.75, 3.05) is 4.90 Å². The van der Waals surface area contributed by atoms with Crippen molar-refractivity contribution in [1.82, 2.24) is 0 Å². The minimum atomic E-state index is -0.506. The Balaban J connectivity index is 1.26. The summed E-state index contributed by atoms with van der Waals surface area (Å²) < 4.78 is 0. The molecule has 0 unspecified atom stereocenters. The fraction of sp³-hybridized carbons (Fsp3) is 0.111. The van der Waals surface area contributed by atoms with Gasteiger partial charge in [-0.2, -0.15) is 0 Å². The summed E-state index contributed by atoms with van der Waals surface area (Å²) in [6.45, 7) is 9.17. The maximum atomic E-state index is 2.51. The van der Waals surface area contributed by atoms with Gasteiger partial charge in [-0.15, -0.1) is 0 Å². The molecule has 1 nitrogen and oxygen atoms in total. The lowest BCUT2D eigenvalue weighted by Crippen LogP contribution is -2.29. The van der Waals surface area contributed by atoms with Crippen LogP contribution < -0.4 is 4.90 Å². The largest absolute Gasteiger partial charge is 0.310 e. The van der Waals surface area contributed by atoms with Gasteiger partial charge < -0.3 is 4.90 Å². The number of fused-ring (bicyclic) bond motifs is 6. The van der Waals surface area contributed by atoms with Crippen molar-refractivity contribution >= 4 is 17.1 Å². The molecule has 264 valence electrons. The van der Waals surface area contributed by atoms with Crippen LogP contribution >= 0.6 is 0 Å². The summed E-state index contributed by atoms with van der Waals surface area (Å²) in [5.41, 5.74) is 20.9. The van der Waals surface area contributed by atoms with E-state index in [2.05, 4.69) is 221 Å². The predicted octanol–water partition coefficient (Wildman–Crippen LogP) is 14.1. The summed E-state index contributed by atoms with van der Waals surface area (Å²) in [6.07, 6.45) is 0. The number of aryl methyl sites for hydroxylation is 2. The first-order valence-corrected chi connectivity index (χ1v) is 19.4. The first-order chi connectivity index (χ1) is 26.9. The Kier molecular flexibility index (Phi) is 7.58. The molecule has 0 heterocycles. The van der Waals surface area contributed by atoms with Gasteiger partial charge in [0.1, 0.15) is 0 Å². The third-order valence-electron chi connectivity index (χ3n) is 12.2. The SMILES string of the molecule is Cc1ccc(C2(c3cc(C)cc(N(c4ccc5c(c4)C(C)(C)c4ccccc4-5)c4ccccc4-c4ccccc4)c3)c3ccccc3-c3ccccc32)cc1. The van der Waals surface area contributed by atoms with E-state index in [1.807, 2.05) is 0 Å². The van der Waals surface area contributed by atoms with Crippen molar-refractivity contribution in [3.63, 3.8) is 0 Å². The molecule has 0 spiro atoms. The van der Waals surface area contributed by atoms with Gasteiger partial charge in [0.25, 0.3) is 0 Å². The zero-order chi connectivity index (χ0) is 37.3. The monoisotopic (exact) mass is 705 g/mol. The van der Waals surface area contributed by atoms with E-state index in [4.69, 9.17) is 0 Å². The highest BCUT2D eigenvalue weighted by Gasteiger charge is 2.46. The molecule has 0 radical (unpaired) electrons. The summed E-state index contributed by atoms with van der Waals surface area (Å²) in [6, 6.07) is 70.3. The van der Waals surface area contributed by atoms with Crippen LogP contribution in [0.15, 0.2) is 188 Å². The van der Waals surface area contributed by atoms with Gasteiger partial charge in [-0.05, 0) is 111 Å². The van der Waals surface area contributed by atoms with Crippen LogP contribution in [0, 0.1) is 13.8 Å². The van der Waals surface area contributed by atoms with Crippen molar-refractivity contribution in [3.8, 4) is 33.4 Å². The minimum absolute atomic E-state index is 0.128. The lowest BCUT2D eigenvalue weighted by molar-refractivity contribution is 0.660. The topological polar surface area (TPSA) is 3.24 Å². The van der Waals surface area contributed by atoms with Crippen LogP contribution in [-0.4, -0.2) is 0 Å². The normalized spacial score (nSPS) is 14.1. The maximum absolute atomic E-state index is 2.51. The first kappa shape index (κ1) is 33.2. The molecule has 0 saturated carbocycles. The molecule has 1 heteroatoms. The molecule has 2 aliphatic rings. The molecular formula is C54H43N. The molecule has 8 aromatic rings. The predicted molar refractivity (Wildman–Crippen MR) is 231 cm³/mol. The summed E-state index contributed by atoms with van der Waals surface area (Å²) in [5.74, 6) is 0. The number of nitrogens with zero attached hydrogens (tertiary/aromatic N) is 1.